The number of aromatic amines is 1. The van der Waals surface area contributed by atoms with Crippen LogP contribution in [-0.4, -0.2) is 21.5 Å². The van der Waals surface area contributed by atoms with Gasteiger partial charge in [0.05, 0.1) is 22.4 Å². The predicted molar refractivity (Wildman–Crippen MR) is 82.5 cm³/mol. The SMILES string of the molecule is Clc1ccc2[nH]ccc2n1.Clc1ccc2c(n1)CCN2. The fraction of sp³-hybridized carbons (Fsp3) is 0.143. The monoisotopic (exact) mass is 306 g/mol. The fourth-order valence-corrected chi connectivity index (χ4v) is 2.37. The minimum absolute atomic E-state index is 0.534. The lowest BCUT2D eigenvalue weighted by Gasteiger charge is -1.96. The molecule has 0 saturated carbocycles. The van der Waals surface area contributed by atoms with Crippen LogP contribution >= 0.6 is 23.2 Å². The summed E-state index contributed by atoms with van der Waals surface area (Å²) < 4.78 is 0. The van der Waals surface area contributed by atoms with Crippen molar-refractivity contribution in [2.45, 2.75) is 6.42 Å². The van der Waals surface area contributed by atoms with Crippen LogP contribution in [0.25, 0.3) is 11.0 Å². The first-order valence-electron chi connectivity index (χ1n) is 6.21. The molecule has 3 aromatic heterocycles. The van der Waals surface area contributed by atoms with E-state index in [-0.39, 0.29) is 0 Å². The van der Waals surface area contributed by atoms with Gasteiger partial charge in [0.2, 0.25) is 0 Å². The Morgan fingerprint density at radius 1 is 0.950 bits per heavy atom. The van der Waals surface area contributed by atoms with Gasteiger partial charge >= 0.3 is 0 Å². The number of rotatable bonds is 0. The van der Waals surface area contributed by atoms with Crippen molar-refractivity contribution in [1.29, 1.82) is 0 Å². The van der Waals surface area contributed by atoms with Crippen LogP contribution in [0.3, 0.4) is 0 Å². The van der Waals surface area contributed by atoms with Gasteiger partial charge in [0.25, 0.3) is 0 Å². The molecule has 0 saturated heterocycles. The molecule has 4 nitrogen and oxygen atoms in total. The minimum atomic E-state index is 0.534. The number of hydrogen-bond acceptors (Lipinski definition) is 3. The molecule has 0 aromatic carbocycles. The molecule has 0 bridgehead atoms. The van der Waals surface area contributed by atoms with Gasteiger partial charge in [-0.1, -0.05) is 23.2 Å². The maximum atomic E-state index is 5.68. The zero-order valence-corrected chi connectivity index (χ0v) is 12.0. The smallest absolute Gasteiger partial charge is 0.129 e. The van der Waals surface area contributed by atoms with E-state index in [1.54, 1.807) is 12.1 Å². The average molecular weight is 307 g/mol. The average Bonchev–Trinajstić information content (AvgIpc) is 3.06. The van der Waals surface area contributed by atoms with Crippen LogP contribution < -0.4 is 5.32 Å². The summed E-state index contributed by atoms with van der Waals surface area (Å²) >= 11 is 11.3. The van der Waals surface area contributed by atoms with Crippen molar-refractivity contribution in [2.75, 3.05) is 11.9 Å². The molecule has 102 valence electrons. The lowest BCUT2D eigenvalue weighted by molar-refractivity contribution is 1.04. The van der Waals surface area contributed by atoms with Gasteiger partial charge < -0.3 is 10.3 Å². The molecule has 0 fully saturated rings. The van der Waals surface area contributed by atoms with Crippen molar-refractivity contribution in [2.24, 2.45) is 0 Å². The van der Waals surface area contributed by atoms with Gasteiger partial charge in [0.1, 0.15) is 10.3 Å². The first kappa shape index (κ1) is 13.2. The number of nitrogens with zero attached hydrogens (tertiary/aromatic N) is 2. The molecule has 0 aliphatic carbocycles. The van der Waals surface area contributed by atoms with Crippen LogP contribution in [0.1, 0.15) is 5.69 Å². The fourth-order valence-electron chi connectivity index (χ4n) is 2.05. The Balaban J connectivity index is 0.000000121. The highest BCUT2D eigenvalue weighted by Crippen LogP contribution is 2.21. The molecule has 4 rings (SSSR count). The van der Waals surface area contributed by atoms with Gasteiger partial charge in [-0.05, 0) is 30.3 Å². The molecule has 0 amide bonds. The molecule has 1 aliphatic heterocycles. The van der Waals surface area contributed by atoms with Crippen LogP contribution in [0.4, 0.5) is 5.69 Å². The zero-order chi connectivity index (χ0) is 13.9. The van der Waals surface area contributed by atoms with Crippen molar-refractivity contribution in [3.8, 4) is 0 Å². The normalized spacial score (nSPS) is 12.5. The van der Waals surface area contributed by atoms with Gasteiger partial charge in [0.15, 0.2) is 0 Å². The largest absolute Gasteiger partial charge is 0.383 e. The summed E-state index contributed by atoms with van der Waals surface area (Å²) in [5.41, 5.74) is 4.15. The minimum Gasteiger partial charge on any atom is -0.383 e. The molecule has 0 spiro atoms. The second-order valence-corrected chi connectivity index (χ2v) is 5.12. The van der Waals surface area contributed by atoms with Crippen LogP contribution in [-0.2, 0) is 6.42 Å². The molecular weight excluding hydrogens is 295 g/mol. The summed E-state index contributed by atoms with van der Waals surface area (Å²) in [6, 6.07) is 9.34. The quantitative estimate of drug-likeness (QED) is 0.619. The number of nitrogens with one attached hydrogen (secondary N) is 2. The van der Waals surface area contributed by atoms with E-state index in [4.69, 9.17) is 23.2 Å². The van der Waals surface area contributed by atoms with Crippen LogP contribution in [0.5, 0.6) is 0 Å². The van der Waals surface area contributed by atoms with Crippen molar-refractivity contribution in [3.05, 3.63) is 52.5 Å². The lowest BCUT2D eigenvalue weighted by Crippen LogP contribution is -1.90. The summed E-state index contributed by atoms with van der Waals surface area (Å²) in [5.74, 6) is 0. The van der Waals surface area contributed by atoms with Gasteiger partial charge in [-0.15, -0.1) is 0 Å². The van der Waals surface area contributed by atoms with E-state index in [0.29, 0.717) is 10.3 Å². The molecular formula is C14H12Cl2N4. The number of aromatic nitrogens is 3. The van der Waals surface area contributed by atoms with E-state index in [9.17, 15) is 0 Å². The van der Waals surface area contributed by atoms with Crippen LogP contribution in [0.2, 0.25) is 10.3 Å². The second-order valence-electron chi connectivity index (χ2n) is 4.35. The highest BCUT2D eigenvalue weighted by atomic mass is 35.5. The number of fused-ring (bicyclic) bond motifs is 2. The van der Waals surface area contributed by atoms with E-state index in [1.165, 1.54) is 0 Å². The first-order chi connectivity index (χ1) is 9.72. The zero-order valence-electron chi connectivity index (χ0n) is 10.5. The summed E-state index contributed by atoms with van der Waals surface area (Å²) in [4.78, 5) is 11.3. The van der Waals surface area contributed by atoms with E-state index in [1.807, 2.05) is 24.4 Å². The molecule has 3 aromatic rings. The van der Waals surface area contributed by atoms with E-state index >= 15 is 0 Å². The third-order valence-corrected chi connectivity index (χ3v) is 3.41. The lowest BCUT2D eigenvalue weighted by atomic mass is 10.3. The molecule has 20 heavy (non-hydrogen) atoms. The standard InChI is InChI=1S/C7H7ClN2.C7H5ClN2/c2*8-7-2-1-5-6(10-7)3-4-9-5/h1-2,9H,3-4H2;1-4,9H. The highest BCUT2D eigenvalue weighted by Gasteiger charge is 2.10. The van der Waals surface area contributed by atoms with Gasteiger partial charge in [-0.25, -0.2) is 9.97 Å². The topological polar surface area (TPSA) is 53.6 Å². The highest BCUT2D eigenvalue weighted by molar-refractivity contribution is 6.29. The Labute approximate surface area is 126 Å². The number of anilines is 1. The number of pyridine rings is 2. The third-order valence-electron chi connectivity index (χ3n) is 2.99. The molecule has 0 atom stereocenters. The van der Waals surface area contributed by atoms with E-state index in [2.05, 4.69) is 20.3 Å². The Hall–Kier alpha value is -1.78. The Morgan fingerprint density at radius 3 is 2.65 bits per heavy atom. The van der Waals surface area contributed by atoms with Crippen molar-refractivity contribution in [1.82, 2.24) is 15.0 Å². The number of halogens is 2. The maximum absolute atomic E-state index is 5.68. The van der Waals surface area contributed by atoms with Crippen molar-refractivity contribution < 1.29 is 0 Å². The second kappa shape index (κ2) is 5.69. The third kappa shape index (κ3) is 2.86. The van der Waals surface area contributed by atoms with Gasteiger partial charge in [-0.3, -0.25) is 0 Å². The van der Waals surface area contributed by atoms with E-state index in [0.717, 1.165) is 35.4 Å². The summed E-state index contributed by atoms with van der Waals surface area (Å²) in [6.45, 7) is 0.989. The summed E-state index contributed by atoms with van der Waals surface area (Å²) in [6.07, 6.45) is 2.84. The predicted octanol–water partition coefficient (Wildman–Crippen LogP) is 3.92. The number of H-pyrrole nitrogens is 1. The summed E-state index contributed by atoms with van der Waals surface area (Å²) in [5, 5.41) is 4.33. The van der Waals surface area contributed by atoms with Gasteiger partial charge in [0, 0.05) is 19.2 Å². The van der Waals surface area contributed by atoms with E-state index < -0.39 is 0 Å². The van der Waals surface area contributed by atoms with Crippen LogP contribution in [0.15, 0.2) is 36.5 Å². The molecule has 2 N–H and O–H groups in total. The van der Waals surface area contributed by atoms with Crippen molar-refractivity contribution in [3.63, 3.8) is 0 Å². The van der Waals surface area contributed by atoms with Crippen molar-refractivity contribution >= 4 is 39.9 Å². The van der Waals surface area contributed by atoms with Crippen LogP contribution in [0, 0.1) is 0 Å². The number of hydrogen-bond donors (Lipinski definition) is 2. The Bertz CT molecular complexity index is 739. The molecule has 6 heteroatoms. The van der Waals surface area contributed by atoms with Gasteiger partial charge in [-0.2, -0.15) is 0 Å². The molecule has 1 aliphatic rings. The Morgan fingerprint density at radius 2 is 1.75 bits per heavy atom. The molecule has 0 unspecified atom stereocenters. The maximum Gasteiger partial charge on any atom is 0.129 e. The first-order valence-corrected chi connectivity index (χ1v) is 6.97. The Kier molecular flexibility index (Phi) is 3.76. The molecule has 4 heterocycles. The molecule has 0 radical (unpaired) electrons. The summed E-state index contributed by atoms with van der Waals surface area (Å²) in [7, 11) is 0.